The standard InChI is InChI=1S/C15H23N3O2/c1-2-3-10-18(11-14(17)19)15(20)13-6-4-12(5-7-13)8-9-16/h4-7H,2-3,8-11,16H2,1H3,(H2,17,19). The van der Waals surface area contributed by atoms with Crippen molar-refractivity contribution in [3.05, 3.63) is 35.4 Å². The van der Waals surface area contributed by atoms with E-state index >= 15 is 0 Å². The molecule has 5 heteroatoms. The van der Waals surface area contributed by atoms with E-state index in [1.165, 1.54) is 4.90 Å². The second-order valence-corrected chi connectivity index (χ2v) is 4.78. The molecule has 0 aliphatic heterocycles. The first-order valence-electron chi connectivity index (χ1n) is 6.95. The third kappa shape index (κ3) is 5.01. The van der Waals surface area contributed by atoms with E-state index in [4.69, 9.17) is 11.5 Å². The number of unbranched alkanes of at least 4 members (excludes halogenated alkanes) is 1. The molecule has 0 aliphatic carbocycles. The molecule has 1 rings (SSSR count). The molecule has 1 aromatic carbocycles. The van der Waals surface area contributed by atoms with Crippen LogP contribution >= 0.6 is 0 Å². The maximum Gasteiger partial charge on any atom is 0.254 e. The van der Waals surface area contributed by atoms with Crippen LogP contribution in [0.1, 0.15) is 35.7 Å². The molecule has 0 aromatic heterocycles. The van der Waals surface area contributed by atoms with E-state index in [1.807, 2.05) is 19.1 Å². The van der Waals surface area contributed by atoms with E-state index in [9.17, 15) is 9.59 Å². The van der Waals surface area contributed by atoms with Crippen LogP contribution < -0.4 is 11.5 Å². The molecule has 20 heavy (non-hydrogen) atoms. The Morgan fingerprint density at radius 2 is 1.85 bits per heavy atom. The summed E-state index contributed by atoms with van der Waals surface area (Å²) in [6.45, 7) is 3.12. The maximum atomic E-state index is 12.3. The lowest BCUT2D eigenvalue weighted by Gasteiger charge is -2.21. The average molecular weight is 277 g/mol. The van der Waals surface area contributed by atoms with Gasteiger partial charge in [-0.25, -0.2) is 0 Å². The Kier molecular flexibility index (Phi) is 6.73. The predicted octanol–water partition coefficient (Wildman–Crippen LogP) is 0.915. The number of benzene rings is 1. The molecule has 2 amide bonds. The third-order valence-electron chi connectivity index (χ3n) is 3.05. The molecule has 0 bridgehead atoms. The molecule has 0 spiro atoms. The number of amides is 2. The van der Waals surface area contributed by atoms with Crippen LogP contribution in [0.25, 0.3) is 0 Å². The van der Waals surface area contributed by atoms with E-state index in [-0.39, 0.29) is 12.5 Å². The van der Waals surface area contributed by atoms with Crippen LogP contribution in [-0.4, -0.2) is 36.3 Å². The van der Waals surface area contributed by atoms with Gasteiger partial charge >= 0.3 is 0 Å². The van der Waals surface area contributed by atoms with Crippen LogP contribution in [-0.2, 0) is 11.2 Å². The minimum Gasteiger partial charge on any atom is -0.368 e. The summed E-state index contributed by atoms with van der Waals surface area (Å²) in [6.07, 6.45) is 2.59. The van der Waals surface area contributed by atoms with Crippen molar-refractivity contribution in [2.24, 2.45) is 11.5 Å². The predicted molar refractivity (Wildman–Crippen MR) is 79.2 cm³/mol. The molecule has 0 radical (unpaired) electrons. The Morgan fingerprint density at radius 1 is 1.20 bits per heavy atom. The fraction of sp³-hybridized carbons (Fsp3) is 0.467. The Bertz CT molecular complexity index is 443. The fourth-order valence-electron chi connectivity index (χ4n) is 1.95. The van der Waals surface area contributed by atoms with Crippen molar-refractivity contribution >= 4 is 11.8 Å². The van der Waals surface area contributed by atoms with Crippen molar-refractivity contribution in [1.82, 2.24) is 4.90 Å². The van der Waals surface area contributed by atoms with Crippen molar-refractivity contribution in [3.8, 4) is 0 Å². The number of nitrogens with zero attached hydrogens (tertiary/aromatic N) is 1. The molecule has 1 aromatic rings. The van der Waals surface area contributed by atoms with Crippen LogP contribution in [0.4, 0.5) is 0 Å². The van der Waals surface area contributed by atoms with Gasteiger partial charge in [0.1, 0.15) is 0 Å². The Labute approximate surface area is 119 Å². The first kappa shape index (κ1) is 16.2. The largest absolute Gasteiger partial charge is 0.368 e. The summed E-state index contributed by atoms with van der Waals surface area (Å²) in [6, 6.07) is 7.32. The van der Waals surface area contributed by atoms with Gasteiger partial charge in [0.2, 0.25) is 5.91 Å². The molecule has 0 aliphatic rings. The van der Waals surface area contributed by atoms with Gasteiger partial charge in [-0.3, -0.25) is 9.59 Å². The van der Waals surface area contributed by atoms with Gasteiger partial charge in [-0.2, -0.15) is 0 Å². The van der Waals surface area contributed by atoms with Gasteiger partial charge in [0, 0.05) is 12.1 Å². The molecule has 110 valence electrons. The highest BCUT2D eigenvalue weighted by Crippen LogP contribution is 2.09. The van der Waals surface area contributed by atoms with Gasteiger partial charge in [-0.15, -0.1) is 0 Å². The number of primary amides is 1. The van der Waals surface area contributed by atoms with E-state index in [2.05, 4.69) is 0 Å². The Hall–Kier alpha value is -1.88. The molecule has 0 atom stereocenters. The summed E-state index contributed by atoms with van der Waals surface area (Å²) in [5, 5.41) is 0. The molecule has 0 heterocycles. The van der Waals surface area contributed by atoms with E-state index < -0.39 is 5.91 Å². The highest BCUT2D eigenvalue weighted by Gasteiger charge is 2.17. The highest BCUT2D eigenvalue weighted by atomic mass is 16.2. The zero-order chi connectivity index (χ0) is 15.0. The monoisotopic (exact) mass is 277 g/mol. The lowest BCUT2D eigenvalue weighted by Crippen LogP contribution is -2.39. The topological polar surface area (TPSA) is 89.4 Å². The normalized spacial score (nSPS) is 10.3. The van der Waals surface area contributed by atoms with Crippen LogP contribution in [0.2, 0.25) is 0 Å². The highest BCUT2D eigenvalue weighted by molar-refractivity contribution is 5.96. The van der Waals surface area contributed by atoms with Crippen LogP contribution in [0.15, 0.2) is 24.3 Å². The number of hydrogen-bond donors (Lipinski definition) is 2. The van der Waals surface area contributed by atoms with Gasteiger partial charge in [-0.05, 0) is 37.1 Å². The van der Waals surface area contributed by atoms with E-state index in [1.54, 1.807) is 12.1 Å². The lowest BCUT2D eigenvalue weighted by molar-refractivity contribution is -0.118. The summed E-state index contributed by atoms with van der Waals surface area (Å²) in [7, 11) is 0. The van der Waals surface area contributed by atoms with Crippen molar-refractivity contribution in [1.29, 1.82) is 0 Å². The zero-order valence-electron chi connectivity index (χ0n) is 12.0. The number of carbonyl (C=O) groups is 2. The van der Waals surface area contributed by atoms with E-state index in [0.29, 0.717) is 18.7 Å². The summed E-state index contributed by atoms with van der Waals surface area (Å²) in [5.41, 5.74) is 12.4. The first-order chi connectivity index (χ1) is 9.58. The lowest BCUT2D eigenvalue weighted by atomic mass is 10.1. The number of rotatable bonds is 8. The van der Waals surface area contributed by atoms with Crippen LogP contribution in [0, 0.1) is 0 Å². The molecule has 0 saturated heterocycles. The van der Waals surface area contributed by atoms with Crippen molar-refractivity contribution < 1.29 is 9.59 Å². The third-order valence-corrected chi connectivity index (χ3v) is 3.05. The number of hydrogen-bond acceptors (Lipinski definition) is 3. The van der Waals surface area contributed by atoms with Crippen LogP contribution in [0.5, 0.6) is 0 Å². The first-order valence-corrected chi connectivity index (χ1v) is 6.95. The number of nitrogens with two attached hydrogens (primary N) is 2. The van der Waals surface area contributed by atoms with Gasteiger partial charge in [0.15, 0.2) is 0 Å². The molecular formula is C15H23N3O2. The quantitative estimate of drug-likeness (QED) is 0.740. The molecule has 5 nitrogen and oxygen atoms in total. The Morgan fingerprint density at radius 3 is 2.35 bits per heavy atom. The summed E-state index contributed by atoms with van der Waals surface area (Å²) < 4.78 is 0. The number of carbonyl (C=O) groups excluding carboxylic acids is 2. The zero-order valence-corrected chi connectivity index (χ0v) is 12.0. The van der Waals surface area contributed by atoms with Gasteiger partial charge in [0.25, 0.3) is 5.91 Å². The molecule has 4 N–H and O–H groups in total. The fourth-order valence-corrected chi connectivity index (χ4v) is 1.95. The molecule has 0 unspecified atom stereocenters. The van der Waals surface area contributed by atoms with Gasteiger partial charge in [-0.1, -0.05) is 25.5 Å². The molecular weight excluding hydrogens is 254 g/mol. The SMILES string of the molecule is CCCCN(CC(N)=O)C(=O)c1ccc(CCN)cc1. The van der Waals surface area contributed by atoms with Gasteiger partial charge < -0.3 is 16.4 Å². The minimum atomic E-state index is -0.491. The Balaban J connectivity index is 2.78. The van der Waals surface area contributed by atoms with Crippen LogP contribution in [0.3, 0.4) is 0 Å². The van der Waals surface area contributed by atoms with E-state index in [0.717, 1.165) is 24.8 Å². The van der Waals surface area contributed by atoms with Gasteiger partial charge in [0.05, 0.1) is 6.54 Å². The average Bonchev–Trinajstić information content (AvgIpc) is 2.43. The minimum absolute atomic E-state index is 0.0383. The van der Waals surface area contributed by atoms with Crippen molar-refractivity contribution in [2.45, 2.75) is 26.2 Å². The summed E-state index contributed by atoms with van der Waals surface area (Å²) >= 11 is 0. The smallest absolute Gasteiger partial charge is 0.254 e. The second kappa shape index (κ2) is 8.32. The molecule has 0 saturated carbocycles. The second-order valence-electron chi connectivity index (χ2n) is 4.78. The summed E-state index contributed by atoms with van der Waals surface area (Å²) in [5.74, 6) is -0.647. The maximum absolute atomic E-state index is 12.3. The van der Waals surface area contributed by atoms with Crippen molar-refractivity contribution in [3.63, 3.8) is 0 Å². The summed E-state index contributed by atoms with van der Waals surface area (Å²) in [4.78, 5) is 24.9. The van der Waals surface area contributed by atoms with Crippen molar-refractivity contribution in [2.75, 3.05) is 19.6 Å². The molecule has 0 fully saturated rings.